The van der Waals surface area contributed by atoms with Crippen LogP contribution in [0.3, 0.4) is 0 Å². The minimum absolute atomic E-state index is 0.338. The molecule has 0 spiro atoms. The van der Waals surface area contributed by atoms with E-state index < -0.39 is 5.54 Å². The van der Waals surface area contributed by atoms with Gasteiger partial charge in [0.1, 0.15) is 0 Å². The molecular weight excluding hydrogens is 300 g/mol. The lowest BCUT2D eigenvalue weighted by molar-refractivity contribution is -0.146. The second-order valence-corrected chi connectivity index (χ2v) is 6.34. The van der Waals surface area contributed by atoms with Crippen molar-refractivity contribution in [2.75, 3.05) is 18.6 Å². The summed E-state index contributed by atoms with van der Waals surface area (Å²) in [6.45, 7) is 6.70. The van der Waals surface area contributed by atoms with Crippen LogP contribution in [0.25, 0.3) is 0 Å². The maximum atomic E-state index is 12.6. The van der Waals surface area contributed by atoms with E-state index in [2.05, 4.69) is 37.9 Å². The van der Waals surface area contributed by atoms with Gasteiger partial charge in [-0.2, -0.15) is 0 Å². The first-order valence-corrected chi connectivity index (χ1v) is 8.02. The van der Waals surface area contributed by atoms with E-state index in [1.807, 2.05) is 35.2 Å². The highest BCUT2D eigenvalue weighted by Crippen LogP contribution is 2.36. The summed E-state index contributed by atoms with van der Waals surface area (Å²) in [5, 5.41) is 0. The number of ether oxygens (including phenoxy) is 1. The third-order valence-corrected chi connectivity index (χ3v) is 4.51. The lowest BCUT2D eigenvalue weighted by Gasteiger charge is -2.27. The van der Waals surface area contributed by atoms with Crippen molar-refractivity contribution >= 4 is 18.0 Å². The highest BCUT2D eigenvalue weighted by molar-refractivity contribution is 5.94. The zero-order valence-electron chi connectivity index (χ0n) is 14.5. The van der Waals surface area contributed by atoms with E-state index >= 15 is 0 Å². The van der Waals surface area contributed by atoms with E-state index in [0.29, 0.717) is 6.54 Å². The van der Waals surface area contributed by atoms with Crippen molar-refractivity contribution in [3.05, 3.63) is 64.7 Å². The molecule has 24 heavy (non-hydrogen) atoms. The van der Waals surface area contributed by atoms with E-state index in [0.717, 1.165) is 11.3 Å². The molecule has 0 aromatic heterocycles. The molecule has 1 heterocycles. The van der Waals surface area contributed by atoms with E-state index in [1.54, 1.807) is 6.34 Å². The molecule has 1 aliphatic rings. The first-order valence-electron chi connectivity index (χ1n) is 8.02. The molecule has 0 amide bonds. The molecule has 0 aliphatic carbocycles. The first kappa shape index (κ1) is 16.2. The Hall–Kier alpha value is -2.62. The maximum Gasteiger partial charge on any atom is 0.340 e. The van der Waals surface area contributed by atoms with Crippen molar-refractivity contribution in [1.29, 1.82) is 0 Å². The molecule has 124 valence electrons. The van der Waals surface area contributed by atoms with E-state index in [1.165, 1.54) is 23.8 Å². The number of hydrogen-bond donors (Lipinski definition) is 0. The third-order valence-electron chi connectivity index (χ3n) is 4.51. The van der Waals surface area contributed by atoms with Crippen LogP contribution < -0.4 is 4.90 Å². The van der Waals surface area contributed by atoms with Gasteiger partial charge in [-0.3, -0.25) is 4.99 Å². The fourth-order valence-corrected chi connectivity index (χ4v) is 3.54. The van der Waals surface area contributed by atoms with E-state index in [9.17, 15) is 4.79 Å². The van der Waals surface area contributed by atoms with Crippen molar-refractivity contribution in [1.82, 2.24) is 0 Å². The van der Waals surface area contributed by atoms with Crippen LogP contribution in [0.1, 0.15) is 22.3 Å². The standard InChI is InChI=1S/C20H22N2O2/c1-14-10-15(2)18(16(3)11-14)22-12-20(21-13-22,19(23)24-4)17-8-6-5-7-9-17/h5-11,13H,12H2,1-4H3. The molecule has 0 radical (unpaired) electrons. The van der Waals surface area contributed by atoms with Crippen molar-refractivity contribution in [3.63, 3.8) is 0 Å². The molecule has 0 fully saturated rings. The van der Waals surface area contributed by atoms with Gasteiger partial charge in [-0.25, -0.2) is 4.79 Å². The van der Waals surface area contributed by atoms with Gasteiger partial charge >= 0.3 is 5.97 Å². The van der Waals surface area contributed by atoms with Gasteiger partial charge in [0.05, 0.1) is 20.0 Å². The van der Waals surface area contributed by atoms with Gasteiger partial charge < -0.3 is 9.64 Å². The number of aryl methyl sites for hydroxylation is 3. The topological polar surface area (TPSA) is 41.9 Å². The van der Waals surface area contributed by atoms with Gasteiger partial charge in [0.25, 0.3) is 0 Å². The number of anilines is 1. The molecule has 0 N–H and O–H groups in total. The van der Waals surface area contributed by atoms with Crippen LogP contribution in [0.5, 0.6) is 0 Å². The van der Waals surface area contributed by atoms with Crippen LogP contribution in [0.15, 0.2) is 47.5 Å². The lowest BCUT2D eigenvalue weighted by Crippen LogP contribution is -2.40. The number of esters is 1. The van der Waals surface area contributed by atoms with Crippen LogP contribution in [-0.2, 0) is 15.1 Å². The normalized spacial score (nSPS) is 19.6. The summed E-state index contributed by atoms with van der Waals surface area (Å²) >= 11 is 0. The zero-order valence-corrected chi connectivity index (χ0v) is 14.5. The Bertz CT molecular complexity index is 776. The fraction of sp³-hybridized carbons (Fsp3) is 0.300. The smallest absolute Gasteiger partial charge is 0.340 e. The Morgan fingerprint density at radius 3 is 2.33 bits per heavy atom. The van der Waals surface area contributed by atoms with Gasteiger partial charge in [-0.15, -0.1) is 0 Å². The number of hydrogen-bond acceptors (Lipinski definition) is 4. The van der Waals surface area contributed by atoms with Gasteiger partial charge in [-0.1, -0.05) is 48.0 Å². The average molecular weight is 322 g/mol. The number of carbonyl (C=O) groups is 1. The molecule has 4 heteroatoms. The largest absolute Gasteiger partial charge is 0.467 e. The Labute approximate surface area is 142 Å². The number of benzene rings is 2. The molecular formula is C20H22N2O2. The highest BCUT2D eigenvalue weighted by atomic mass is 16.5. The second kappa shape index (κ2) is 6.11. The van der Waals surface area contributed by atoms with Gasteiger partial charge in [0, 0.05) is 5.69 Å². The number of nitrogens with zero attached hydrogens (tertiary/aromatic N) is 2. The molecule has 1 aliphatic heterocycles. The van der Waals surface area contributed by atoms with Crippen molar-refractivity contribution < 1.29 is 9.53 Å². The summed E-state index contributed by atoms with van der Waals surface area (Å²) in [5.41, 5.74) is 4.51. The molecule has 2 aromatic rings. The van der Waals surface area contributed by atoms with Crippen LogP contribution in [0, 0.1) is 20.8 Å². The molecule has 1 atom stereocenters. The van der Waals surface area contributed by atoms with Crippen LogP contribution in [0.2, 0.25) is 0 Å². The summed E-state index contributed by atoms with van der Waals surface area (Å²) in [6.07, 6.45) is 1.76. The van der Waals surface area contributed by atoms with Gasteiger partial charge in [0.2, 0.25) is 5.54 Å². The maximum absolute atomic E-state index is 12.6. The molecule has 0 saturated carbocycles. The van der Waals surface area contributed by atoms with E-state index in [4.69, 9.17) is 4.74 Å². The number of aliphatic imine (C=N–C) groups is 1. The highest BCUT2D eigenvalue weighted by Gasteiger charge is 2.46. The summed E-state index contributed by atoms with van der Waals surface area (Å²) in [6, 6.07) is 13.9. The minimum atomic E-state index is -1.01. The third kappa shape index (κ3) is 2.58. The predicted octanol–water partition coefficient (Wildman–Crippen LogP) is 3.53. The lowest BCUT2D eigenvalue weighted by atomic mass is 9.90. The Morgan fingerprint density at radius 2 is 1.75 bits per heavy atom. The molecule has 0 saturated heterocycles. The molecule has 4 nitrogen and oxygen atoms in total. The van der Waals surface area contributed by atoms with E-state index in [-0.39, 0.29) is 5.97 Å². The predicted molar refractivity (Wildman–Crippen MR) is 96.6 cm³/mol. The summed E-state index contributed by atoms with van der Waals surface area (Å²) in [4.78, 5) is 19.2. The van der Waals surface area contributed by atoms with Crippen molar-refractivity contribution in [3.8, 4) is 0 Å². The van der Waals surface area contributed by atoms with Gasteiger partial charge in [-0.05, 0) is 37.5 Å². The number of rotatable bonds is 3. The van der Waals surface area contributed by atoms with Crippen LogP contribution >= 0.6 is 0 Å². The van der Waals surface area contributed by atoms with Crippen molar-refractivity contribution in [2.24, 2.45) is 4.99 Å². The fourth-order valence-electron chi connectivity index (χ4n) is 3.54. The molecule has 2 aromatic carbocycles. The second-order valence-electron chi connectivity index (χ2n) is 6.34. The molecule has 0 bridgehead atoms. The van der Waals surface area contributed by atoms with Gasteiger partial charge in [0.15, 0.2) is 0 Å². The molecule has 1 unspecified atom stereocenters. The Kier molecular flexibility index (Phi) is 4.14. The summed E-state index contributed by atoms with van der Waals surface area (Å²) in [5.74, 6) is -0.338. The number of carbonyl (C=O) groups excluding carboxylic acids is 1. The minimum Gasteiger partial charge on any atom is -0.467 e. The average Bonchev–Trinajstić information content (AvgIpc) is 3.00. The Morgan fingerprint density at radius 1 is 1.12 bits per heavy atom. The monoisotopic (exact) mass is 322 g/mol. The van der Waals surface area contributed by atoms with Crippen LogP contribution in [0.4, 0.5) is 5.69 Å². The van der Waals surface area contributed by atoms with Crippen molar-refractivity contribution in [2.45, 2.75) is 26.3 Å². The zero-order chi connectivity index (χ0) is 17.3. The summed E-state index contributed by atoms with van der Waals surface area (Å²) in [7, 11) is 1.41. The Balaban J connectivity index is 2.04. The van der Waals surface area contributed by atoms with Crippen LogP contribution in [-0.4, -0.2) is 26.0 Å². The number of methoxy groups -OCH3 is 1. The quantitative estimate of drug-likeness (QED) is 0.812. The SMILES string of the molecule is COC(=O)C1(c2ccccc2)CN(c2c(C)cc(C)cc2C)C=N1. The summed E-state index contributed by atoms with van der Waals surface area (Å²) < 4.78 is 5.08. The molecule has 3 rings (SSSR count). The first-order chi connectivity index (χ1) is 11.5.